The maximum Gasteiger partial charge on any atom is 0.213 e. The maximum absolute atomic E-state index is 5.74. The number of hydrogen-bond donors (Lipinski definition) is 1. The Kier molecular flexibility index (Phi) is 5.61. The Morgan fingerprint density at radius 2 is 2.42 bits per heavy atom. The second kappa shape index (κ2) is 7.46. The molecule has 1 atom stereocenters. The van der Waals surface area contributed by atoms with Gasteiger partial charge in [0.05, 0.1) is 13.2 Å². The van der Waals surface area contributed by atoms with Gasteiger partial charge in [-0.3, -0.25) is 0 Å². The predicted molar refractivity (Wildman–Crippen MR) is 75.2 cm³/mol. The highest BCUT2D eigenvalue weighted by atomic mass is 16.5. The first kappa shape index (κ1) is 14.3. The van der Waals surface area contributed by atoms with E-state index >= 15 is 0 Å². The first-order chi connectivity index (χ1) is 9.24. The summed E-state index contributed by atoms with van der Waals surface area (Å²) < 4.78 is 11.1. The van der Waals surface area contributed by atoms with Gasteiger partial charge in [0.15, 0.2) is 0 Å². The highest BCUT2D eigenvalue weighted by Crippen LogP contribution is 2.15. The molecule has 1 saturated heterocycles. The van der Waals surface area contributed by atoms with Crippen molar-refractivity contribution in [3.05, 3.63) is 23.9 Å². The Balaban J connectivity index is 1.77. The van der Waals surface area contributed by atoms with Crippen molar-refractivity contribution in [2.45, 2.75) is 26.8 Å². The van der Waals surface area contributed by atoms with Gasteiger partial charge >= 0.3 is 0 Å². The van der Waals surface area contributed by atoms with Crippen LogP contribution in [0.25, 0.3) is 0 Å². The van der Waals surface area contributed by atoms with E-state index < -0.39 is 0 Å². The van der Waals surface area contributed by atoms with Crippen molar-refractivity contribution in [1.29, 1.82) is 0 Å². The largest absolute Gasteiger partial charge is 0.477 e. The number of ether oxygens (including phenoxy) is 2. The molecule has 0 spiro atoms. The maximum atomic E-state index is 5.74. The molecule has 0 amide bonds. The molecule has 1 aromatic heterocycles. The van der Waals surface area contributed by atoms with Gasteiger partial charge in [-0.1, -0.05) is 13.8 Å². The molecule has 19 heavy (non-hydrogen) atoms. The second-order valence-corrected chi connectivity index (χ2v) is 5.57. The lowest BCUT2D eigenvalue weighted by atomic mass is 10.1. The van der Waals surface area contributed by atoms with Gasteiger partial charge in [-0.2, -0.15) is 0 Å². The van der Waals surface area contributed by atoms with Gasteiger partial charge in [0.25, 0.3) is 0 Å². The molecule has 1 aliphatic rings. The lowest BCUT2D eigenvalue weighted by Crippen LogP contribution is -2.19. The normalized spacial score (nSPS) is 19.0. The average molecular weight is 264 g/mol. The summed E-state index contributed by atoms with van der Waals surface area (Å²) in [5, 5.41) is 3.42. The number of hydrogen-bond acceptors (Lipinski definition) is 4. The number of nitrogens with one attached hydrogen (secondary N) is 1. The van der Waals surface area contributed by atoms with Crippen LogP contribution in [-0.4, -0.2) is 31.3 Å². The quantitative estimate of drug-likeness (QED) is 0.820. The SMILES string of the molecule is CC(C)CNCc1ccnc(OCC2CCOC2)c1. The van der Waals surface area contributed by atoms with Crippen molar-refractivity contribution in [3.63, 3.8) is 0 Å². The Morgan fingerprint density at radius 1 is 1.53 bits per heavy atom. The van der Waals surface area contributed by atoms with Gasteiger partial charge in [0, 0.05) is 31.3 Å². The van der Waals surface area contributed by atoms with E-state index in [0.29, 0.717) is 18.4 Å². The van der Waals surface area contributed by atoms with Crippen molar-refractivity contribution in [2.24, 2.45) is 11.8 Å². The molecule has 2 rings (SSSR count). The van der Waals surface area contributed by atoms with E-state index in [1.54, 1.807) is 0 Å². The molecular weight excluding hydrogens is 240 g/mol. The number of pyridine rings is 1. The van der Waals surface area contributed by atoms with Gasteiger partial charge in [-0.05, 0) is 30.5 Å². The van der Waals surface area contributed by atoms with Crippen LogP contribution in [0, 0.1) is 11.8 Å². The van der Waals surface area contributed by atoms with Crippen LogP contribution in [0.15, 0.2) is 18.3 Å². The molecule has 2 heterocycles. The molecule has 0 saturated carbocycles. The van der Waals surface area contributed by atoms with Crippen molar-refractivity contribution in [1.82, 2.24) is 10.3 Å². The zero-order chi connectivity index (χ0) is 13.5. The Morgan fingerprint density at radius 3 is 3.16 bits per heavy atom. The van der Waals surface area contributed by atoms with Crippen LogP contribution in [0.1, 0.15) is 25.8 Å². The molecule has 1 aromatic rings. The van der Waals surface area contributed by atoms with E-state index in [1.165, 1.54) is 5.56 Å². The molecule has 106 valence electrons. The van der Waals surface area contributed by atoms with E-state index in [1.807, 2.05) is 18.3 Å². The van der Waals surface area contributed by atoms with Crippen LogP contribution in [0.2, 0.25) is 0 Å². The van der Waals surface area contributed by atoms with E-state index in [0.717, 1.165) is 38.6 Å². The molecule has 1 N–H and O–H groups in total. The van der Waals surface area contributed by atoms with Gasteiger partial charge < -0.3 is 14.8 Å². The van der Waals surface area contributed by atoms with Crippen LogP contribution in [0.3, 0.4) is 0 Å². The summed E-state index contributed by atoms with van der Waals surface area (Å²) in [5.41, 5.74) is 1.22. The van der Waals surface area contributed by atoms with E-state index in [9.17, 15) is 0 Å². The summed E-state index contributed by atoms with van der Waals surface area (Å²) in [4.78, 5) is 4.25. The molecule has 0 radical (unpaired) electrons. The van der Waals surface area contributed by atoms with Crippen molar-refractivity contribution >= 4 is 0 Å². The van der Waals surface area contributed by atoms with Gasteiger partial charge in [-0.15, -0.1) is 0 Å². The van der Waals surface area contributed by atoms with Gasteiger partial charge in [0.1, 0.15) is 0 Å². The van der Waals surface area contributed by atoms with Crippen LogP contribution in [0.5, 0.6) is 5.88 Å². The third kappa shape index (κ3) is 5.17. The monoisotopic (exact) mass is 264 g/mol. The second-order valence-electron chi connectivity index (χ2n) is 5.57. The summed E-state index contributed by atoms with van der Waals surface area (Å²) in [7, 11) is 0. The molecule has 4 nitrogen and oxygen atoms in total. The molecule has 1 fully saturated rings. The smallest absolute Gasteiger partial charge is 0.213 e. The highest BCUT2D eigenvalue weighted by molar-refractivity contribution is 5.20. The van der Waals surface area contributed by atoms with E-state index in [4.69, 9.17) is 9.47 Å². The fraction of sp³-hybridized carbons (Fsp3) is 0.667. The molecule has 0 bridgehead atoms. The van der Waals surface area contributed by atoms with Gasteiger partial charge in [-0.25, -0.2) is 4.98 Å². The molecule has 1 unspecified atom stereocenters. The Hall–Kier alpha value is -1.13. The average Bonchev–Trinajstić information content (AvgIpc) is 2.89. The molecule has 0 aliphatic carbocycles. The summed E-state index contributed by atoms with van der Waals surface area (Å²) >= 11 is 0. The topological polar surface area (TPSA) is 43.4 Å². The summed E-state index contributed by atoms with van der Waals surface area (Å²) in [6, 6.07) is 4.04. The zero-order valence-electron chi connectivity index (χ0n) is 11.9. The molecular formula is C15H24N2O2. The predicted octanol–water partition coefficient (Wildman–Crippen LogP) is 2.24. The number of rotatable bonds is 7. The lowest BCUT2D eigenvalue weighted by Gasteiger charge is -2.11. The van der Waals surface area contributed by atoms with Crippen LogP contribution >= 0.6 is 0 Å². The zero-order valence-corrected chi connectivity index (χ0v) is 11.9. The van der Waals surface area contributed by atoms with Gasteiger partial charge in [0.2, 0.25) is 5.88 Å². The first-order valence-electron chi connectivity index (χ1n) is 7.10. The first-order valence-corrected chi connectivity index (χ1v) is 7.10. The molecule has 0 aromatic carbocycles. The molecule has 1 aliphatic heterocycles. The fourth-order valence-electron chi connectivity index (χ4n) is 2.06. The minimum Gasteiger partial charge on any atom is -0.477 e. The summed E-state index contributed by atoms with van der Waals surface area (Å²) in [6.45, 7) is 8.68. The summed E-state index contributed by atoms with van der Waals surface area (Å²) in [6.07, 6.45) is 2.91. The van der Waals surface area contributed by atoms with Crippen LogP contribution < -0.4 is 10.1 Å². The van der Waals surface area contributed by atoms with Crippen LogP contribution in [0.4, 0.5) is 0 Å². The molecule has 4 heteroatoms. The summed E-state index contributed by atoms with van der Waals surface area (Å²) in [5.74, 6) is 1.90. The van der Waals surface area contributed by atoms with Crippen molar-refractivity contribution < 1.29 is 9.47 Å². The van der Waals surface area contributed by atoms with Crippen LogP contribution in [-0.2, 0) is 11.3 Å². The third-order valence-electron chi connectivity index (χ3n) is 3.17. The lowest BCUT2D eigenvalue weighted by molar-refractivity contribution is 0.165. The van der Waals surface area contributed by atoms with Crippen molar-refractivity contribution in [3.8, 4) is 5.88 Å². The number of aromatic nitrogens is 1. The standard InChI is InChI=1S/C15H24N2O2/c1-12(2)8-16-9-13-3-5-17-15(7-13)19-11-14-4-6-18-10-14/h3,5,7,12,14,16H,4,6,8-11H2,1-2H3. The fourth-order valence-corrected chi connectivity index (χ4v) is 2.06. The minimum absolute atomic E-state index is 0.518. The highest BCUT2D eigenvalue weighted by Gasteiger charge is 2.16. The Labute approximate surface area is 115 Å². The van der Waals surface area contributed by atoms with E-state index in [-0.39, 0.29) is 0 Å². The third-order valence-corrected chi connectivity index (χ3v) is 3.17. The van der Waals surface area contributed by atoms with E-state index in [2.05, 4.69) is 24.1 Å². The number of nitrogens with zero attached hydrogens (tertiary/aromatic N) is 1. The minimum atomic E-state index is 0.518. The Bertz CT molecular complexity index is 376. The van der Waals surface area contributed by atoms with Crippen molar-refractivity contribution in [2.75, 3.05) is 26.4 Å².